The minimum Gasteiger partial charge on any atom is -0.481 e. The van der Waals surface area contributed by atoms with E-state index < -0.39 is 29.7 Å². The van der Waals surface area contributed by atoms with E-state index in [1.807, 2.05) is 0 Å². The molecule has 4 nitrogen and oxygen atoms in total. The number of carbonyl (C=O) groups excluding carboxylic acids is 1. The number of nitrogens with one attached hydrogen (secondary N) is 1. The summed E-state index contributed by atoms with van der Waals surface area (Å²) in [4.78, 5) is 23.7. The number of amides is 1. The molecule has 1 amide bonds. The molecule has 0 spiro atoms. The average molecular weight is 336 g/mol. The molecule has 0 heterocycles. The lowest BCUT2D eigenvalue weighted by molar-refractivity contribution is -0.142. The van der Waals surface area contributed by atoms with Gasteiger partial charge in [-0.3, -0.25) is 9.59 Å². The number of rotatable bonds is 5. The van der Waals surface area contributed by atoms with Crippen molar-refractivity contribution in [1.29, 1.82) is 0 Å². The van der Waals surface area contributed by atoms with E-state index in [1.165, 1.54) is 13.0 Å². The van der Waals surface area contributed by atoms with Gasteiger partial charge in [0.15, 0.2) is 0 Å². The number of hydrogen-bond acceptors (Lipinski definition) is 2. The molecule has 0 bridgehead atoms. The van der Waals surface area contributed by atoms with Crippen LogP contribution in [0.25, 0.3) is 0 Å². The first-order valence-electron chi connectivity index (χ1n) is 6.94. The lowest BCUT2D eigenvalue weighted by Crippen LogP contribution is -2.35. The zero-order chi connectivity index (χ0) is 17.0. The number of carboxylic acids is 1. The molecular weight excluding hydrogens is 321 g/mol. The fourth-order valence-corrected chi connectivity index (χ4v) is 2.45. The summed E-state index contributed by atoms with van der Waals surface area (Å²) >= 11 is 5.88. The summed E-state index contributed by atoms with van der Waals surface area (Å²) in [6, 6.07) is 11.5. The largest absolute Gasteiger partial charge is 0.481 e. The highest BCUT2D eigenvalue weighted by atomic mass is 35.5. The van der Waals surface area contributed by atoms with E-state index in [0.717, 1.165) is 12.1 Å². The molecule has 2 aromatic carbocycles. The van der Waals surface area contributed by atoms with Crippen molar-refractivity contribution < 1.29 is 19.1 Å². The third kappa shape index (κ3) is 4.07. The zero-order valence-corrected chi connectivity index (χ0v) is 13.0. The number of halogens is 2. The predicted octanol–water partition coefficient (Wildman–Crippen LogP) is 3.67. The number of carboxylic acid groups (broad SMARTS) is 1. The molecule has 0 aliphatic rings. The Morgan fingerprint density at radius 1 is 1.17 bits per heavy atom. The lowest BCUT2D eigenvalue weighted by Gasteiger charge is -2.23. The molecule has 0 saturated heterocycles. The molecule has 2 N–H and O–H groups in total. The van der Waals surface area contributed by atoms with Crippen molar-refractivity contribution in [2.45, 2.75) is 13.0 Å². The Morgan fingerprint density at radius 3 is 2.39 bits per heavy atom. The monoisotopic (exact) mass is 335 g/mol. The Bertz CT molecular complexity index is 721. The van der Waals surface area contributed by atoms with E-state index in [1.54, 1.807) is 30.3 Å². The van der Waals surface area contributed by atoms with Crippen molar-refractivity contribution in [3.8, 4) is 0 Å². The maximum absolute atomic E-state index is 13.1. The quantitative estimate of drug-likeness (QED) is 0.876. The van der Waals surface area contributed by atoms with Gasteiger partial charge < -0.3 is 10.4 Å². The van der Waals surface area contributed by atoms with Crippen LogP contribution in [0.1, 0.15) is 28.9 Å². The molecule has 0 aliphatic heterocycles. The highest BCUT2D eigenvalue weighted by Crippen LogP contribution is 2.24. The van der Waals surface area contributed by atoms with Crippen LogP contribution in [0.2, 0.25) is 5.02 Å². The highest BCUT2D eigenvalue weighted by Gasteiger charge is 2.27. The normalized spacial score (nSPS) is 13.2. The molecule has 0 aromatic heterocycles. The molecule has 0 fully saturated rings. The number of benzene rings is 2. The van der Waals surface area contributed by atoms with Crippen LogP contribution < -0.4 is 5.32 Å². The van der Waals surface area contributed by atoms with Gasteiger partial charge in [0.05, 0.1) is 22.5 Å². The third-order valence-corrected chi connectivity index (χ3v) is 3.82. The van der Waals surface area contributed by atoms with E-state index in [4.69, 9.17) is 11.6 Å². The topological polar surface area (TPSA) is 66.4 Å². The van der Waals surface area contributed by atoms with Gasteiger partial charge in [0.2, 0.25) is 0 Å². The van der Waals surface area contributed by atoms with E-state index in [-0.39, 0.29) is 10.6 Å². The molecule has 2 atom stereocenters. The zero-order valence-electron chi connectivity index (χ0n) is 12.3. The Labute approximate surface area is 137 Å². The standard InChI is InChI=1S/C17H15ClFNO3/c1-10(17(22)23)15(11-5-3-2-4-6-11)20-16(21)13-8-7-12(19)9-14(13)18/h2-10,15H,1H3,(H,20,21)(H,22,23)/t10-,15+/m0/s1. The first kappa shape index (κ1) is 17.0. The molecular formula is C17H15ClFNO3. The summed E-state index contributed by atoms with van der Waals surface area (Å²) < 4.78 is 13.1. The minimum atomic E-state index is -1.04. The van der Waals surface area contributed by atoms with Crippen molar-refractivity contribution in [3.63, 3.8) is 0 Å². The summed E-state index contributed by atoms with van der Waals surface area (Å²) in [7, 11) is 0. The van der Waals surface area contributed by atoms with Crippen LogP contribution in [-0.2, 0) is 4.79 Å². The van der Waals surface area contributed by atoms with Gasteiger partial charge in [0.25, 0.3) is 5.91 Å². The predicted molar refractivity (Wildman–Crippen MR) is 84.9 cm³/mol. The summed E-state index contributed by atoms with van der Waals surface area (Å²) in [6.07, 6.45) is 0. The summed E-state index contributed by atoms with van der Waals surface area (Å²) in [5, 5.41) is 11.9. The molecule has 0 aliphatic carbocycles. The summed E-state index contributed by atoms with van der Waals surface area (Å²) in [6.45, 7) is 1.51. The average Bonchev–Trinajstić information content (AvgIpc) is 2.52. The second kappa shape index (κ2) is 7.24. The SMILES string of the molecule is C[C@H](C(=O)O)[C@@H](NC(=O)c1ccc(F)cc1Cl)c1ccccc1. The van der Waals surface area contributed by atoms with Gasteiger partial charge in [-0.25, -0.2) is 4.39 Å². The molecule has 0 radical (unpaired) electrons. The van der Waals surface area contributed by atoms with Crippen LogP contribution >= 0.6 is 11.6 Å². The van der Waals surface area contributed by atoms with Gasteiger partial charge in [-0.2, -0.15) is 0 Å². The third-order valence-electron chi connectivity index (χ3n) is 3.51. The first-order chi connectivity index (χ1) is 10.9. The van der Waals surface area contributed by atoms with Crippen molar-refractivity contribution in [2.75, 3.05) is 0 Å². The van der Waals surface area contributed by atoms with E-state index in [0.29, 0.717) is 5.56 Å². The fourth-order valence-electron chi connectivity index (χ4n) is 2.19. The Balaban J connectivity index is 2.30. The van der Waals surface area contributed by atoms with E-state index in [9.17, 15) is 19.1 Å². The molecule has 6 heteroatoms. The molecule has 0 unspecified atom stereocenters. The van der Waals surface area contributed by atoms with Crippen LogP contribution in [0.4, 0.5) is 4.39 Å². The molecule has 2 rings (SSSR count). The van der Waals surface area contributed by atoms with E-state index >= 15 is 0 Å². The molecule has 0 saturated carbocycles. The lowest BCUT2D eigenvalue weighted by atomic mass is 9.94. The molecule has 23 heavy (non-hydrogen) atoms. The van der Waals surface area contributed by atoms with Gasteiger partial charge in [0, 0.05) is 0 Å². The summed E-state index contributed by atoms with van der Waals surface area (Å²) in [5.41, 5.74) is 0.751. The summed E-state index contributed by atoms with van der Waals surface area (Å²) in [5.74, 6) is -2.99. The Morgan fingerprint density at radius 2 is 1.83 bits per heavy atom. The van der Waals surface area contributed by atoms with Crippen molar-refractivity contribution >= 4 is 23.5 Å². The first-order valence-corrected chi connectivity index (χ1v) is 7.31. The van der Waals surface area contributed by atoms with E-state index in [2.05, 4.69) is 5.32 Å². The van der Waals surface area contributed by atoms with Crippen LogP contribution in [0, 0.1) is 11.7 Å². The van der Waals surface area contributed by atoms with Crippen LogP contribution in [0.3, 0.4) is 0 Å². The van der Waals surface area contributed by atoms with Crippen molar-refractivity contribution in [2.24, 2.45) is 5.92 Å². The number of carbonyl (C=O) groups is 2. The smallest absolute Gasteiger partial charge is 0.308 e. The number of hydrogen-bond donors (Lipinski definition) is 2. The Hall–Kier alpha value is -2.40. The van der Waals surface area contributed by atoms with Crippen molar-refractivity contribution in [1.82, 2.24) is 5.32 Å². The van der Waals surface area contributed by atoms with Crippen LogP contribution in [0.15, 0.2) is 48.5 Å². The van der Waals surface area contributed by atoms with Gasteiger partial charge >= 0.3 is 5.97 Å². The molecule has 2 aromatic rings. The van der Waals surface area contributed by atoms with Gasteiger partial charge in [-0.05, 0) is 30.7 Å². The molecule has 120 valence electrons. The second-order valence-corrected chi connectivity index (χ2v) is 5.52. The fraction of sp³-hybridized carbons (Fsp3) is 0.176. The van der Waals surface area contributed by atoms with Crippen LogP contribution in [0.5, 0.6) is 0 Å². The number of aliphatic carboxylic acids is 1. The maximum atomic E-state index is 13.1. The van der Waals surface area contributed by atoms with Gasteiger partial charge in [-0.1, -0.05) is 41.9 Å². The maximum Gasteiger partial charge on any atom is 0.308 e. The van der Waals surface area contributed by atoms with Gasteiger partial charge in [0.1, 0.15) is 5.82 Å². The van der Waals surface area contributed by atoms with Gasteiger partial charge in [-0.15, -0.1) is 0 Å². The van der Waals surface area contributed by atoms with Crippen LogP contribution in [-0.4, -0.2) is 17.0 Å². The Kier molecular flexibility index (Phi) is 5.34. The highest BCUT2D eigenvalue weighted by molar-refractivity contribution is 6.33. The minimum absolute atomic E-state index is 0.0303. The van der Waals surface area contributed by atoms with Crippen molar-refractivity contribution in [3.05, 3.63) is 70.5 Å². The second-order valence-electron chi connectivity index (χ2n) is 5.11.